The van der Waals surface area contributed by atoms with Gasteiger partial charge in [0.25, 0.3) is 5.56 Å². The molecule has 0 saturated carbocycles. The van der Waals surface area contributed by atoms with E-state index in [9.17, 15) is 9.59 Å². The minimum Gasteiger partial charge on any atom is -0.294 e. The molecule has 20 heavy (non-hydrogen) atoms. The molecule has 0 bridgehead atoms. The third-order valence-electron chi connectivity index (χ3n) is 3.29. The van der Waals surface area contributed by atoms with Crippen molar-refractivity contribution in [2.75, 3.05) is 0 Å². The third kappa shape index (κ3) is 2.56. The minimum absolute atomic E-state index is 0.283. The third-order valence-corrected chi connectivity index (χ3v) is 3.72. The van der Waals surface area contributed by atoms with Crippen LogP contribution in [0.4, 0.5) is 0 Å². The Morgan fingerprint density at radius 3 is 2.55 bits per heavy atom. The van der Waals surface area contributed by atoms with Crippen molar-refractivity contribution in [3.05, 3.63) is 49.0 Å². The molecule has 7 heteroatoms. The first-order valence-electron chi connectivity index (χ1n) is 6.50. The summed E-state index contributed by atoms with van der Waals surface area (Å²) in [5.74, 6) is 0. The van der Waals surface area contributed by atoms with E-state index >= 15 is 0 Å². The molecule has 0 amide bonds. The number of hydrogen-bond acceptors (Lipinski definition) is 3. The Balaban J connectivity index is 2.48. The first-order valence-corrected chi connectivity index (χ1v) is 6.88. The first kappa shape index (κ1) is 14.6. The molecule has 108 valence electrons. The van der Waals surface area contributed by atoms with E-state index in [1.54, 1.807) is 17.9 Å². The monoisotopic (exact) mass is 296 g/mol. The molecular formula is C13H17ClN4O2. The van der Waals surface area contributed by atoms with E-state index in [1.807, 2.05) is 13.8 Å². The Morgan fingerprint density at radius 2 is 2.00 bits per heavy atom. The van der Waals surface area contributed by atoms with Gasteiger partial charge in [-0.3, -0.25) is 19.0 Å². The van der Waals surface area contributed by atoms with Crippen LogP contribution in [0.25, 0.3) is 0 Å². The number of nitrogens with one attached hydrogen (secondary N) is 1. The zero-order valence-electron chi connectivity index (χ0n) is 11.7. The summed E-state index contributed by atoms with van der Waals surface area (Å²) in [6.07, 6.45) is 2.87. The Morgan fingerprint density at radius 1 is 1.30 bits per heavy atom. The van der Waals surface area contributed by atoms with Gasteiger partial charge in [0.15, 0.2) is 0 Å². The van der Waals surface area contributed by atoms with Gasteiger partial charge in [0, 0.05) is 18.8 Å². The number of aryl methyl sites for hydroxylation is 3. The molecule has 0 aliphatic carbocycles. The van der Waals surface area contributed by atoms with Gasteiger partial charge in [-0.1, -0.05) is 25.4 Å². The van der Waals surface area contributed by atoms with E-state index in [4.69, 9.17) is 11.6 Å². The molecule has 2 aromatic rings. The van der Waals surface area contributed by atoms with Crippen LogP contribution in [0.1, 0.15) is 30.8 Å². The van der Waals surface area contributed by atoms with Crippen molar-refractivity contribution in [3.8, 4) is 0 Å². The smallest absolute Gasteiger partial charge is 0.294 e. The molecule has 0 aromatic carbocycles. The lowest BCUT2D eigenvalue weighted by molar-refractivity contribution is 0.632. The van der Waals surface area contributed by atoms with Crippen molar-refractivity contribution in [1.82, 2.24) is 19.3 Å². The highest BCUT2D eigenvalue weighted by atomic mass is 35.5. The predicted octanol–water partition coefficient (Wildman–Crippen LogP) is 1.10. The largest absolute Gasteiger partial charge is 0.328 e. The summed E-state index contributed by atoms with van der Waals surface area (Å²) < 4.78 is 3.12. The van der Waals surface area contributed by atoms with Crippen molar-refractivity contribution >= 4 is 11.6 Å². The number of nitrogens with zero attached hydrogens (tertiary/aromatic N) is 3. The summed E-state index contributed by atoms with van der Waals surface area (Å²) in [4.78, 5) is 25.7. The zero-order chi connectivity index (χ0) is 14.9. The van der Waals surface area contributed by atoms with Crippen LogP contribution < -0.4 is 11.2 Å². The predicted molar refractivity (Wildman–Crippen MR) is 77.4 cm³/mol. The Labute approximate surface area is 121 Å². The molecule has 2 rings (SSSR count). The molecule has 0 saturated heterocycles. The van der Waals surface area contributed by atoms with Gasteiger partial charge in [0.2, 0.25) is 0 Å². The van der Waals surface area contributed by atoms with E-state index in [1.165, 1.54) is 4.57 Å². The summed E-state index contributed by atoms with van der Waals surface area (Å²) in [5, 5.41) is 4.89. The Kier molecular flexibility index (Phi) is 4.13. The number of rotatable bonds is 4. The maximum Gasteiger partial charge on any atom is 0.328 e. The molecule has 0 fully saturated rings. The lowest BCUT2D eigenvalue weighted by Crippen LogP contribution is -2.32. The highest BCUT2D eigenvalue weighted by molar-refractivity contribution is 6.31. The molecule has 0 unspecified atom stereocenters. The highest BCUT2D eigenvalue weighted by Gasteiger charge is 2.14. The maximum absolute atomic E-state index is 11.8. The van der Waals surface area contributed by atoms with Gasteiger partial charge in [-0.25, -0.2) is 4.79 Å². The van der Waals surface area contributed by atoms with Crippen LogP contribution in [0.3, 0.4) is 0 Å². The molecule has 0 atom stereocenters. The maximum atomic E-state index is 11.8. The van der Waals surface area contributed by atoms with Crippen LogP contribution in [0, 0.1) is 0 Å². The SMILES string of the molecule is CCc1nn(C)c(Cn2cc(CC)c(=O)[nH]c2=O)c1Cl. The lowest BCUT2D eigenvalue weighted by atomic mass is 10.2. The van der Waals surface area contributed by atoms with Gasteiger partial charge in [0.1, 0.15) is 0 Å². The number of H-pyrrole nitrogens is 1. The van der Waals surface area contributed by atoms with Crippen LogP contribution in [0.2, 0.25) is 5.02 Å². The lowest BCUT2D eigenvalue weighted by Gasteiger charge is -2.07. The van der Waals surface area contributed by atoms with Crippen molar-refractivity contribution in [2.45, 2.75) is 33.2 Å². The number of halogens is 1. The van der Waals surface area contributed by atoms with Crippen molar-refractivity contribution in [2.24, 2.45) is 7.05 Å². The summed E-state index contributed by atoms with van der Waals surface area (Å²) in [6, 6.07) is 0. The van der Waals surface area contributed by atoms with Gasteiger partial charge < -0.3 is 0 Å². The number of aromatic amines is 1. The Hall–Kier alpha value is -1.82. The molecule has 0 aliphatic rings. The molecule has 0 aliphatic heterocycles. The van der Waals surface area contributed by atoms with Crippen molar-refractivity contribution in [1.29, 1.82) is 0 Å². The average molecular weight is 297 g/mol. The first-order chi connectivity index (χ1) is 9.47. The second-order valence-corrected chi connectivity index (χ2v) is 4.96. The highest BCUT2D eigenvalue weighted by Crippen LogP contribution is 2.21. The van der Waals surface area contributed by atoms with Crippen molar-refractivity contribution < 1.29 is 0 Å². The van der Waals surface area contributed by atoms with E-state index < -0.39 is 5.69 Å². The Bertz CT molecular complexity index is 742. The topological polar surface area (TPSA) is 72.7 Å². The molecule has 2 aromatic heterocycles. The fraction of sp³-hybridized carbons (Fsp3) is 0.462. The van der Waals surface area contributed by atoms with Gasteiger partial charge in [-0.2, -0.15) is 5.10 Å². The van der Waals surface area contributed by atoms with Crippen LogP contribution in [0.15, 0.2) is 15.8 Å². The van der Waals surface area contributed by atoms with Crippen LogP contribution >= 0.6 is 11.6 Å². The van der Waals surface area contributed by atoms with E-state index in [-0.39, 0.29) is 12.1 Å². The summed E-state index contributed by atoms with van der Waals surface area (Å²) in [6.45, 7) is 4.12. The normalized spacial score (nSPS) is 11.0. The van der Waals surface area contributed by atoms with Crippen molar-refractivity contribution in [3.63, 3.8) is 0 Å². The van der Waals surface area contributed by atoms with Crippen LogP contribution in [-0.4, -0.2) is 19.3 Å². The molecule has 0 radical (unpaired) electrons. The fourth-order valence-electron chi connectivity index (χ4n) is 2.08. The van der Waals surface area contributed by atoms with Crippen LogP contribution in [-0.2, 0) is 26.4 Å². The standard InChI is InChI=1S/C13H17ClN4O2/c1-4-8-6-18(13(20)15-12(8)19)7-10-11(14)9(5-2)16-17(10)3/h6H,4-5,7H2,1-3H3,(H,15,19,20). The quantitative estimate of drug-likeness (QED) is 0.918. The number of aromatic nitrogens is 4. The van der Waals surface area contributed by atoms with E-state index in [0.29, 0.717) is 17.0 Å². The summed E-state index contributed by atoms with van der Waals surface area (Å²) in [7, 11) is 1.79. The second-order valence-electron chi connectivity index (χ2n) is 4.58. The minimum atomic E-state index is -0.442. The second kappa shape index (κ2) is 5.66. The average Bonchev–Trinajstić information content (AvgIpc) is 2.68. The zero-order valence-corrected chi connectivity index (χ0v) is 12.5. The summed E-state index contributed by atoms with van der Waals surface area (Å²) >= 11 is 6.27. The molecule has 2 heterocycles. The molecular weight excluding hydrogens is 280 g/mol. The van der Waals surface area contributed by atoms with Gasteiger partial charge in [0.05, 0.1) is 23.0 Å². The van der Waals surface area contributed by atoms with Gasteiger partial charge in [-0.05, 0) is 12.8 Å². The van der Waals surface area contributed by atoms with Gasteiger partial charge in [-0.15, -0.1) is 0 Å². The summed E-state index contributed by atoms with van der Waals surface area (Å²) in [5.41, 5.74) is 1.34. The molecule has 6 nitrogen and oxygen atoms in total. The fourth-order valence-corrected chi connectivity index (χ4v) is 2.43. The molecule has 0 spiro atoms. The van der Waals surface area contributed by atoms with Crippen LogP contribution in [0.5, 0.6) is 0 Å². The van der Waals surface area contributed by atoms with Gasteiger partial charge >= 0.3 is 5.69 Å². The van der Waals surface area contributed by atoms with E-state index in [0.717, 1.165) is 17.8 Å². The van der Waals surface area contributed by atoms with E-state index in [2.05, 4.69) is 10.1 Å². The molecule has 1 N–H and O–H groups in total. The number of hydrogen-bond donors (Lipinski definition) is 1.